The first-order valence-electron chi connectivity index (χ1n) is 12.4. The maximum atomic E-state index is 12.0. The van der Waals surface area contributed by atoms with Crippen molar-refractivity contribution in [1.29, 1.82) is 0 Å². The molecule has 1 amide bonds. The number of benzene rings is 2. The highest BCUT2D eigenvalue weighted by molar-refractivity contribution is 5.91. The fourth-order valence-corrected chi connectivity index (χ4v) is 4.28. The molecule has 0 saturated heterocycles. The van der Waals surface area contributed by atoms with E-state index in [4.69, 9.17) is 24.2 Å². The number of nitrogens with zero attached hydrogens (tertiary/aromatic N) is 2. The maximum absolute atomic E-state index is 12.0. The van der Waals surface area contributed by atoms with Crippen LogP contribution in [0, 0.1) is 0 Å². The molecule has 0 spiro atoms. The third kappa shape index (κ3) is 5.51. The molecule has 0 aliphatic carbocycles. The molecule has 0 atom stereocenters. The molecule has 2 heterocycles. The third-order valence-corrected chi connectivity index (χ3v) is 6.09. The Hall–Kier alpha value is -3.87. The van der Waals surface area contributed by atoms with Crippen LogP contribution in [0.15, 0.2) is 48.7 Å². The number of aryl methyl sites for hydroxylation is 1. The average molecular weight is 488 g/mol. The SMILES string of the molecule is CCCNC(=O)COc1cccc2ccc(Cc3cnc(CCC)c4cc(OC)c(OC)cc34)nc12. The summed E-state index contributed by atoms with van der Waals surface area (Å²) in [6, 6.07) is 13.8. The van der Waals surface area contributed by atoms with Gasteiger partial charge < -0.3 is 19.5 Å². The Labute approximate surface area is 211 Å². The predicted octanol–water partition coefficient (Wildman–Crippen LogP) is 5.25. The molecule has 0 unspecified atom stereocenters. The van der Waals surface area contributed by atoms with E-state index in [0.29, 0.717) is 30.2 Å². The molecule has 2 aromatic heterocycles. The molecule has 188 valence electrons. The summed E-state index contributed by atoms with van der Waals surface area (Å²) in [7, 11) is 3.29. The van der Waals surface area contributed by atoms with Crippen molar-refractivity contribution in [3.05, 3.63) is 65.6 Å². The highest BCUT2D eigenvalue weighted by atomic mass is 16.5. The fraction of sp³-hybridized carbons (Fsp3) is 0.345. The van der Waals surface area contributed by atoms with Gasteiger partial charge in [-0.3, -0.25) is 9.78 Å². The number of amides is 1. The van der Waals surface area contributed by atoms with Crippen molar-refractivity contribution in [2.24, 2.45) is 0 Å². The van der Waals surface area contributed by atoms with E-state index in [1.165, 1.54) is 0 Å². The third-order valence-electron chi connectivity index (χ3n) is 6.09. The first-order valence-corrected chi connectivity index (χ1v) is 12.4. The summed E-state index contributed by atoms with van der Waals surface area (Å²) in [4.78, 5) is 21.7. The molecule has 7 nitrogen and oxygen atoms in total. The molecule has 2 aromatic carbocycles. The van der Waals surface area contributed by atoms with Crippen molar-refractivity contribution in [2.45, 2.75) is 39.5 Å². The number of methoxy groups -OCH3 is 2. The quantitative estimate of drug-likeness (QED) is 0.311. The summed E-state index contributed by atoms with van der Waals surface area (Å²) in [5, 5.41) is 5.93. The van der Waals surface area contributed by atoms with E-state index in [2.05, 4.69) is 12.2 Å². The monoisotopic (exact) mass is 487 g/mol. The van der Waals surface area contributed by atoms with Gasteiger partial charge in [0.1, 0.15) is 11.3 Å². The molecular formula is C29H33N3O4. The Morgan fingerprint density at radius 3 is 2.44 bits per heavy atom. The summed E-state index contributed by atoms with van der Waals surface area (Å²) in [5.74, 6) is 1.83. The zero-order chi connectivity index (χ0) is 25.5. The van der Waals surface area contributed by atoms with Gasteiger partial charge in [-0.2, -0.15) is 0 Å². The number of carbonyl (C=O) groups is 1. The van der Waals surface area contributed by atoms with Crippen molar-refractivity contribution >= 4 is 27.6 Å². The van der Waals surface area contributed by atoms with Crippen LogP contribution in [-0.2, 0) is 17.6 Å². The lowest BCUT2D eigenvalue weighted by Gasteiger charge is -2.15. The summed E-state index contributed by atoms with van der Waals surface area (Å²) in [5.41, 5.74) is 3.71. The molecule has 0 bridgehead atoms. The van der Waals surface area contributed by atoms with E-state index in [1.54, 1.807) is 14.2 Å². The minimum atomic E-state index is -0.140. The first kappa shape index (κ1) is 25.2. The predicted molar refractivity (Wildman–Crippen MR) is 142 cm³/mol. The number of nitrogens with one attached hydrogen (secondary N) is 1. The van der Waals surface area contributed by atoms with Gasteiger partial charge >= 0.3 is 0 Å². The summed E-state index contributed by atoms with van der Waals surface area (Å²) in [6.45, 7) is 4.75. The molecule has 4 rings (SSSR count). The normalized spacial score (nSPS) is 11.0. The molecule has 0 aliphatic rings. The van der Waals surface area contributed by atoms with Crippen molar-refractivity contribution in [3.63, 3.8) is 0 Å². The van der Waals surface area contributed by atoms with E-state index in [1.807, 2.05) is 55.6 Å². The van der Waals surface area contributed by atoms with Crippen molar-refractivity contribution in [2.75, 3.05) is 27.4 Å². The molecule has 0 saturated carbocycles. The summed E-state index contributed by atoms with van der Waals surface area (Å²) >= 11 is 0. The number of fused-ring (bicyclic) bond motifs is 2. The molecular weight excluding hydrogens is 454 g/mol. The number of aromatic nitrogens is 2. The second kappa shape index (κ2) is 11.7. The lowest BCUT2D eigenvalue weighted by molar-refractivity contribution is -0.123. The van der Waals surface area contributed by atoms with Gasteiger partial charge in [-0.05, 0) is 48.1 Å². The van der Waals surface area contributed by atoms with Gasteiger partial charge in [0.15, 0.2) is 18.1 Å². The molecule has 0 fully saturated rings. The van der Waals surface area contributed by atoms with Gasteiger partial charge in [-0.15, -0.1) is 0 Å². The van der Waals surface area contributed by atoms with Crippen molar-refractivity contribution < 1.29 is 19.0 Å². The Morgan fingerprint density at radius 2 is 1.72 bits per heavy atom. The van der Waals surface area contributed by atoms with Crippen LogP contribution in [0.5, 0.6) is 17.2 Å². The fourth-order valence-electron chi connectivity index (χ4n) is 4.28. The molecule has 0 aliphatic heterocycles. The van der Waals surface area contributed by atoms with E-state index in [0.717, 1.165) is 57.9 Å². The Morgan fingerprint density at radius 1 is 0.944 bits per heavy atom. The van der Waals surface area contributed by atoms with E-state index < -0.39 is 0 Å². The van der Waals surface area contributed by atoms with Gasteiger partial charge in [0.05, 0.1) is 14.2 Å². The van der Waals surface area contributed by atoms with Gasteiger partial charge in [-0.1, -0.05) is 38.5 Å². The topological polar surface area (TPSA) is 82.6 Å². The number of hydrogen-bond donors (Lipinski definition) is 1. The molecule has 1 N–H and O–H groups in total. The van der Waals surface area contributed by atoms with Gasteiger partial charge in [0.2, 0.25) is 0 Å². The van der Waals surface area contributed by atoms with E-state index in [9.17, 15) is 4.79 Å². The minimum absolute atomic E-state index is 0.0416. The zero-order valence-corrected chi connectivity index (χ0v) is 21.4. The van der Waals surface area contributed by atoms with Crippen LogP contribution in [0.2, 0.25) is 0 Å². The molecule has 0 radical (unpaired) electrons. The van der Waals surface area contributed by atoms with Crippen LogP contribution >= 0.6 is 0 Å². The summed E-state index contributed by atoms with van der Waals surface area (Å²) < 4.78 is 17.0. The second-order valence-electron chi connectivity index (χ2n) is 8.68. The zero-order valence-electron chi connectivity index (χ0n) is 21.4. The van der Waals surface area contributed by atoms with Crippen LogP contribution in [0.1, 0.15) is 43.6 Å². The van der Waals surface area contributed by atoms with Crippen LogP contribution < -0.4 is 19.5 Å². The highest BCUT2D eigenvalue weighted by Gasteiger charge is 2.15. The minimum Gasteiger partial charge on any atom is -0.493 e. The van der Waals surface area contributed by atoms with Crippen molar-refractivity contribution in [3.8, 4) is 17.2 Å². The Bertz CT molecular complexity index is 1370. The second-order valence-corrected chi connectivity index (χ2v) is 8.68. The van der Waals surface area contributed by atoms with Gasteiger partial charge in [0, 0.05) is 41.3 Å². The number of ether oxygens (including phenoxy) is 3. The van der Waals surface area contributed by atoms with Crippen LogP contribution in [0.3, 0.4) is 0 Å². The smallest absolute Gasteiger partial charge is 0.257 e. The molecule has 7 heteroatoms. The number of pyridine rings is 2. The standard InChI is InChI=1S/C29H33N3O4/c1-5-8-24-23-16-27(35-4)26(34-3)15-22(23)20(17-31-24)14-21-12-11-19-9-7-10-25(29(19)32-21)36-18-28(33)30-13-6-2/h7,9-12,15-17H,5-6,8,13-14,18H2,1-4H3,(H,30,33). The maximum Gasteiger partial charge on any atom is 0.257 e. The van der Waals surface area contributed by atoms with Gasteiger partial charge in [0.25, 0.3) is 5.91 Å². The van der Waals surface area contributed by atoms with Crippen LogP contribution in [0.4, 0.5) is 0 Å². The lowest BCUT2D eigenvalue weighted by Crippen LogP contribution is -2.29. The lowest BCUT2D eigenvalue weighted by atomic mass is 9.99. The molecule has 4 aromatic rings. The first-order chi connectivity index (χ1) is 17.6. The Kier molecular flexibility index (Phi) is 8.21. The van der Waals surface area contributed by atoms with Crippen LogP contribution in [-0.4, -0.2) is 43.2 Å². The average Bonchev–Trinajstić information content (AvgIpc) is 2.91. The Balaban J connectivity index is 1.69. The highest BCUT2D eigenvalue weighted by Crippen LogP contribution is 2.36. The number of carbonyl (C=O) groups excluding carboxylic acids is 1. The van der Waals surface area contributed by atoms with E-state index >= 15 is 0 Å². The largest absolute Gasteiger partial charge is 0.493 e. The number of para-hydroxylation sites is 1. The number of rotatable bonds is 11. The number of hydrogen-bond acceptors (Lipinski definition) is 6. The van der Waals surface area contributed by atoms with E-state index in [-0.39, 0.29) is 12.5 Å². The summed E-state index contributed by atoms with van der Waals surface area (Å²) in [6.07, 6.45) is 5.29. The van der Waals surface area contributed by atoms with Crippen molar-refractivity contribution in [1.82, 2.24) is 15.3 Å². The van der Waals surface area contributed by atoms with Gasteiger partial charge in [-0.25, -0.2) is 4.98 Å². The molecule has 36 heavy (non-hydrogen) atoms. The van der Waals surface area contributed by atoms with Crippen LogP contribution in [0.25, 0.3) is 21.7 Å².